The Labute approximate surface area is 216 Å². The smallest absolute Gasteiger partial charge is 0.317 e. The normalized spacial score (nSPS) is 22.7. The number of hydrogen-bond acceptors (Lipinski definition) is 6. The molecule has 0 spiro atoms. The summed E-state index contributed by atoms with van der Waals surface area (Å²) in [4.78, 5) is 31.0. The number of hydrogen-bond donors (Lipinski definition) is 3. The van der Waals surface area contributed by atoms with Crippen LogP contribution >= 0.6 is 0 Å². The van der Waals surface area contributed by atoms with Crippen molar-refractivity contribution in [3.8, 4) is 0 Å². The molecular weight excluding hydrogens is 454 g/mol. The van der Waals surface area contributed by atoms with Gasteiger partial charge in [-0.15, -0.1) is 6.58 Å². The Morgan fingerprint density at radius 1 is 1.28 bits per heavy atom. The molecule has 3 N–H and O–H groups in total. The lowest BCUT2D eigenvalue weighted by atomic mass is 9.70. The summed E-state index contributed by atoms with van der Waals surface area (Å²) in [5.74, 6) is -0.457. The van der Waals surface area contributed by atoms with Gasteiger partial charge in [0.15, 0.2) is 0 Å². The molecule has 36 heavy (non-hydrogen) atoms. The fraction of sp³-hybridized carbons (Fsp3) is 0.571. The number of carboxylic acid groups (broad SMARTS) is 1. The van der Waals surface area contributed by atoms with Crippen LogP contribution in [0.15, 0.2) is 43.1 Å². The summed E-state index contributed by atoms with van der Waals surface area (Å²) in [6.07, 6.45) is 6.58. The number of nitrogens with one attached hydrogen (secondary N) is 2. The van der Waals surface area contributed by atoms with Crippen LogP contribution in [-0.4, -0.2) is 97.8 Å². The van der Waals surface area contributed by atoms with Gasteiger partial charge < -0.3 is 20.6 Å². The number of fused-ring (bicyclic) bond motifs is 3. The van der Waals surface area contributed by atoms with E-state index in [-0.39, 0.29) is 18.4 Å². The Bertz CT molecular complexity index is 934. The summed E-state index contributed by atoms with van der Waals surface area (Å²) in [6, 6.07) is 8.96. The van der Waals surface area contributed by atoms with Gasteiger partial charge in [-0.1, -0.05) is 37.3 Å². The minimum Gasteiger partial charge on any atom is -0.480 e. The molecule has 1 heterocycles. The first-order valence-electron chi connectivity index (χ1n) is 13.1. The van der Waals surface area contributed by atoms with Crippen molar-refractivity contribution in [2.75, 3.05) is 60.0 Å². The Morgan fingerprint density at radius 3 is 2.75 bits per heavy atom. The van der Waals surface area contributed by atoms with E-state index in [4.69, 9.17) is 5.11 Å². The van der Waals surface area contributed by atoms with E-state index in [1.165, 1.54) is 16.7 Å². The first-order chi connectivity index (χ1) is 17.4. The third-order valence-corrected chi connectivity index (χ3v) is 7.33. The van der Waals surface area contributed by atoms with Crippen molar-refractivity contribution >= 4 is 17.4 Å². The number of rotatable bonds is 13. The zero-order chi connectivity index (χ0) is 26.1. The van der Waals surface area contributed by atoms with Crippen LogP contribution < -0.4 is 10.6 Å². The molecule has 1 amide bonds. The number of benzene rings is 1. The highest BCUT2D eigenvalue weighted by Gasteiger charge is 2.43. The molecule has 1 aliphatic heterocycles. The minimum absolute atomic E-state index is 0.00670. The van der Waals surface area contributed by atoms with Crippen LogP contribution in [0.3, 0.4) is 0 Å². The van der Waals surface area contributed by atoms with Gasteiger partial charge in [0.2, 0.25) is 5.91 Å². The number of carboxylic acids is 1. The fourth-order valence-corrected chi connectivity index (χ4v) is 5.74. The van der Waals surface area contributed by atoms with Crippen LogP contribution in [0.4, 0.5) is 0 Å². The Morgan fingerprint density at radius 2 is 2.06 bits per heavy atom. The lowest BCUT2D eigenvalue weighted by Crippen LogP contribution is -2.54. The maximum Gasteiger partial charge on any atom is 0.317 e. The van der Waals surface area contributed by atoms with Crippen LogP contribution in [0.25, 0.3) is 5.57 Å². The molecule has 3 unspecified atom stereocenters. The first-order valence-corrected chi connectivity index (χ1v) is 13.1. The van der Waals surface area contributed by atoms with Crippen molar-refractivity contribution in [3.63, 3.8) is 0 Å². The number of likely N-dealkylation sites (N-methyl/N-ethyl adjacent to an activating group) is 1. The predicted molar refractivity (Wildman–Crippen MR) is 145 cm³/mol. The topological polar surface area (TPSA) is 88.2 Å². The molecule has 1 aliphatic carbocycles. The number of piperidine rings is 1. The van der Waals surface area contributed by atoms with Crippen LogP contribution in [-0.2, 0) is 9.59 Å². The van der Waals surface area contributed by atoms with Gasteiger partial charge in [0.25, 0.3) is 0 Å². The van der Waals surface area contributed by atoms with Gasteiger partial charge in [0.05, 0.1) is 19.1 Å². The average Bonchev–Trinajstić information content (AvgIpc) is 2.86. The number of carbonyl (C=O) groups is 2. The molecular formula is C28H43N5O3. The van der Waals surface area contributed by atoms with Gasteiger partial charge in [-0.25, -0.2) is 0 Å². The average molecular weight is 498 g/mol. The lowest BCUT2D eigenvalue weighted by Gasteiger charge is -2.48. The number of amides is 1. The van der Waals surface area contributed by atoms with Gasteiger partial charge in [-0.3, -0.25) is 19.4 Å². The third-order valence-electron chi connectivity index (χ3n) is 7.33. The zero-order valence-corrected chi connectivity index (χ0v) is 22.1. The number of likely N-dealkylation sites (tertiary alicyclic amines) is 1. The van der Waals surface area contributed by atoms with E-state index >= 15 is 0 Å². The van der Waals surface area contributed by atoms with Crippen molar-refractivity contribution < 1.29 is 14.7 Å². The molecule has 2 aliphatic rings. The van der Waals surface area contributed by atoms with Crippen molar-refractivity contribution in [2.24, 2.45) is 5.92 Å². The molecule has 3 atom stereocenters. The number of aliphatic carboxylic acids is 1. The zero-order valence-electron chi connectivity index (χ0n) is 22.1. The van der Waals surface area contributed by atoms with Gasteiger partial charge >= 0.3 is 5.97 Å². The summed E-state index contributed by atoms with van der Waals surface area (Å²) in [5.41, 5.74) is 3.92. The molecule has 3 rings (SSSR count). The second-order valence-corrected chi connectivity index (χ2v) is 9.95. The summed E-state index contributed by atoms with van der Waals surface area (Å²) in [7, 11) is 3.74. The monoisotopic (exact) mass is 497 g/mol. The number of nitrogens with zero attached hydrogens (tertiary/aromatic N) is 3. The van der Waals surface area contributed by atoms with E-state index in [0.717, 1.165) is 38.9 Å². The molecule has 1 aromatic rings. The lowest BCUT2D eigenvalue weighted by molar-refractivity contribution is -0.140. The van der Waals surface area contributed by atoms with Crippen molar-refractivity contribution in [1.29, 1.82) is 0 Å². The molecule has 8 nitrogen and oxygen atoms in total. The quantitative estimate of drug-likeness (QED) is 0.285. The molecule has 0 radical (unpaired) electrons. The van der Waals surface area contributed by atoms with E-state index in [1.807, 2.05) is 24.9 Å². The second-order valence-electron chi connectivity index (χ2n) is 9.95. The summed E-state index contributed by atoms with van der Waals surface area (Å²) in [6.45, 7) is 10.1. The van der Waals surface area contributed by atoms with Gasteiger partial charge in [-0.2, -0.15) is 0 Å². The maximum absolute atomic E-state index is 13.9. The predicted octanol–water partition coefficient (Wildman–Crippen LogP) is 2.41. The van der Waals surface area contributed by atoms with E-state index in [0.29, 0.717) is 31.7 Å². The summed E-state index contributed by atoms with van der Waals surface area (Å²) < 4.78 is 0. The molecule has 0 aromatic heterocycles. The highest BCUT2D eigenvalue weighted by atomic mass is 16.4. The van der Waals surface area contributed by atoms with E-state index in [2.05, 4.69) is 52.6 Å². The van der Waals surface area contributed by atoms with Gasteiger partial charge in [0.1, 0.15) is 0 Å². The molecule has 1 fully saturated rings. The van der Waals surface area contributed by atoms with Crippen LogP contribution in [0, 0.1) is 5.92 Å². The minimum atomic E-state index is -0.836. The third kappa shape index (κ3) is 6.96. The fourth-order valence-electron chi connectivity index (χ4n) is 5.74. The van der Waals surface area contributed by atoms with Crippen molar-refractivity contribution in [2.45, 2.75) is 38.1 Å². The van der Waals surface area contributed by atoms with Crippen molar-refractivity contribution in [1.82, 2.24) is 25.3 Å². The molecule has 8 heteroatoms. The second kappa shape index (κ2) is 13.6. The molecule has 1 aromatic carbocycles. The van der Waals surface area contributed by atoms with E-state index in [9.17, 15) is 9.59 Å². The molecule has 0 saturated carbocycles. The van der Waals surface area contributed by atoms with Crippen LogP contribution in [0.2, 0.25) is 0 Å². The molecule has 1 saturated heterocycles. The SMILES string of the molecule is C=CCN1CC(C(=O)N(CCCN(C)CC(=O)O)CNCC)CC2c3ccccc3/C(=C\NC)CC21. The van der Waals surface area contributed by atoms with E-state index < -0.39 is 5.97 Å². The Hall–Kier alpha value is -2.68. The maximum atomic E-state index is 13.9. The molecule has 0 bridgehead atoms. The van der Waals surface area contributed by atoms with Gasteiger partial charge in [0, 0.05) is 51.4 Å². The first kappa shape index (κ1) is 27.9. The van der Waals surface area contributed by atoms with Crippen LogP contribution in [0.5, 0.6) is 0 Å². The van der Waals surface area contributed by atoms with Crippen molar-refractivity contribution in [3.05, 3.63) is 54.2 Å². The van der Waals surface area contributed by atoms with Crippen LogP contribution in [0.1, 0.15) is 43.2 Å². The highest BCUT2D eigenvalue weighted by Crippen LogP contribution is 2.46. The Kier molecular flexibility index (Phi) is 10.5. The van der Waals surface area contributed by atoms with E-state index in [1.54, 1.807) is 11.9 Å². The number of carbonyl (C=O) groups excluding carboxylic acids is 1. The molecule has 198 valence electrons. The Balaban J connectivity index is 1.79. The summed E-state index contributed by atoms with van der Waals surface area (Å²) in [5, 5.41) is 15.5. The largest absolute Gasteiger partial charge is 0.480 e. The van der Waals surface area contributed by atoms with Gasteiger partial charge in [-0.05, 0) is 49.6 Å². The standard InChI is InChI=1S/C28H43N5O3/c1-5-12-32-18-22(28(36)33(20-30-6-2)14-9-13-31(4)19-27(34)35)15-25-24-11-8-7-10-23(24)21(17-29-3)16-26(25)32/h5,7-8,10-11,17,22,25-26,29-30H,1,6,9,12-16,18-20H2,2-4H3,(H,34,35)/b21-17-. The highest BCUT2D eigenvalue weighted by molar-refractivity contribution is 5.80. The summed E-state index contributed by atoms with van der Waals surface area (Å²) >= 11 is 0.